The molecule has 4 rings (SSSR count). The maximum absolute atomic E-state index is 12.5. The fourth-order valence-corrected chi connectivity index (χ4v) is 3.90. The monoisotopic (exact) mass is 487 g/mol. The van der Waals surface area contributed by atoms with E-state index in [1.165, 1.54) is 0 Å². The summed E-state index contributed by atoms with van der Waals surface area (Å²) >= 11 is 5.97. The molecule has 3 heterocycles. The minimum atomic E-state index is -3.47. The number of fused-ring (bicyclic) bond motifs is 1. The topological polar surface area (TPSA) is 119 Å². The fraction of sp³-hybridized carbons (Fsp3) is 0.227. The molecule has 0 aliphatic heterocycles. The summed E-state index contributed by atoms with van der Waals surface area (Å²) in [6.07, 6.45) is 3.27. The molecule has 0 spiro atoms. The van der Waals surface area contributed by atoms with Gasteiger partial charge in [0.2, 0.25) is 15.9 Å². The molecule has 0 bridgehead atoms. The van der Waals surface area contributed by atoms with E-state index in [0.29, 0.717) is 39.3 Å². The van der Waals surface area contributed by atoms with Gasteiger partial charge in [-0.25, -0.2) is 18.4 Å². The van der Waals surface area contributed by atoms with Crippen molar-refractivity contribution in [3.63, 3.8) is 0 Å². The number of sulfonamides is 1. The van der Waals surface area contributed by atoms with Gasteiger partial charge in [-0.1, -0.05) is 17.7 Å². The van der Waals surface area contributed by atoms with Gasteiger partial charge in [-0.3, -0.25) is 9.52 Å². The van der Waals surface area contributed by atoms with Crippen LogP contribution in [0.3, 0.4) is 0 Å². The molecule has 33 heavy (non-hydrogen) atoms. The summed E-state index contributed by atoms with van der Waals surface area (Å²) in [5.41, 5.74) is 2.44. The number of carbonyl (C=O) groups excluding carboxylic acids is 1. The molecule has 2 N–H and O–H groups in total. The molecule has 3 aromatic heterocycles. The maximum Gasteiger partial charge on any atom is 0.271 e. The standard InChI is InChI=1S/C22H22ClN5O4S/c1-13(2)33(30,31)27-17-6-4-5-15(9-17)22-26-18(14(3)32-22)10-24-21(29)19-12-28-11-16(23)7-8-20(28)25-19/h4-9,11-13,27H,10H2,1-3H3,(H,24,29). The van der Waals surface area contributed by atoms with Gasteiger partial charge in [0.05, 0.1) is 16.8 Å². The molecule has 0 aliphatic rings. The summed E-state index contributed by atoms with van der Waals surface area (Å²) in [5, 5.41) is 2.77. The number of rotatable bonds is 7. The van der Waals surface area contributed by atoms with Crippen LogP contribution in [0.1, 0.15) is 35.8 Å². The predicted octanol–water partition coefficient (Wildman–Crippen LogP) is 4.03. The first kappa shape index (κ1) is 22.8. The molecule has 9 nitrogen and oxygen atoms in total. The molecule has 1 aromatic carbocycles. The van der Waals surface area contributed by atoms with Crippen molar-refractivity contribution in [2.75, 3.05) is 4.72 Å². The summed E-state index contributed by atoms with van der Waals surface area (Å²) in [6.45, 7) is 5.09. The molecule has 0 unspecified atom stereocenters. The second-order valence-electron chi connectivity index (χ2n) is 7.72. The van der Waals surface area contributed by atoms with Crippen molar-refractivity contribution in [2.24, 2.45) is 0 Å². The third-order valence-electron chi connectivity index (χ3n) is 4.95. The van der Waals surface area contributed by atoms with Crippen molar-refractivity contribution in [1.82, 2.24) is 19.7 Å². The van der Waals surface area contributed by atoms with Gasteiger partial charge in [0.25, 0.3) is 5.91 Å². The lowest BCUT2D eigenvalue weighted by Crippen LogP contribution is -2.23. The Morgan fingerprint density at radius 3 is 2.73 bits per heavy atom. The average Bonchev–Trinajstić information content (AvgIpc) is 3.35. The van der Waals surface area contributed by atoms with E-state index in [4.69, 9.17) is 16.0 Å². The first-order valence-electron chi connectivity index (χ1n) is 10.1. The highest BCUT2D eigenvalue weighted by molar-refractivity contribution is 7.93. The third kappa shape index (κ3) is 5.01. The number of amides is 1. The smallest absolute Gasteiger partial charge is 0.271 e. The number of imidazole rings is 1. The number of halogens is 1. The third-order valence-corrected chi connectivity index (χ3v) is 6.93. The minimum absolute atomic E-state index is 0.141. The van der Waals surface area contributed by atoms with Gasteiger partial charge in [-0.05, 0) is 51.1 Å². The van der Waals surface area contributed by atoms with Crippen LogP contribution in [0.2, 0.25) is 5.02 Å². The summed E-state index contributed by atoms with van der Waals surface area (Å²) in [6, 6.07) is 10.2. The number of nitrogens with zero attached hydrogens (tertiary/aromatic N) is 3. The number of aryl methyl sites for hydroxylation is 1. The van der Waals surface area contributed by atoms with Crippen LogP contribution in [-0.2, 0) is 16.6 Å². The van der Waals surface area contributed by atoms with E-state index >= 15 is 0 Å². The second kappa shape index (κ2) is 8.87. The largest absolute Gasteiger partial charge is 0.441 e. The van der Waals surface area contributed by atoms with Crippen LogP contribution in [0, 0.1) is 6.92 Å². The van der Waals surface area contributed by atoms with E-state index in [0.717, 1.165) is 0 Å². The Bertz CT molecular complexity index is 1440. The number of anilines is 1. The quantitative estimate of drug-likeness (QED) is 0.406. The van der Waals surface area contributed by atoms with Gasteiger partial charge in [0.1, 0.15) is 22.8 Å². The molecule has 0 fully saturated rings. The number of hydrogen-bond donors (Lipinski definition) is 2. The highest BCUT2D eigenvalue weighted by Crippen LogP contribution is 2.25. The Labute approximate surface area is 195 Å². The zero-order chi connectivity index (χ0) is 23.8. The van der Waals surface area contributed by atoms with Gasteiger partial charge < -0.3 is 14.1 Å². The van der Waals surface area contributed by atoms with Crippen molar-refractivity contribution < 1.29 is 17.6 Å². The van der Waals surface area contributed by atoms with Crippen LogP contribution in [0.25, 0.3) is 17.1 Å². The number of aromatic nitrogens is 3. The molecular weight excluding hydrogens is 466 g/mol. The molecule has 0 atom stereocenters. The summed E-state index contributed by atoms with van der Waals surface area (Å²) in [5.74, 6) is 0.508. The number of nitrogens with one attached hydrogen (secondary N) is 2. The SMILES string of the molecule is Cc1oc(-c2cccc(NS(=O)(=O)C(C)C)c2)nc1CNC(=O)c1cn2cc(Cl)ccc2n1. The number of hydrogen-bond acceptors (Lipinski definition) is 6. The van der Waals surface area contributed by atoms with Crippen molar-refractivity contribution in [3.05, 3.63) is 71.0 Å². The van der Waals surface area contributed by atoms with E-state index in [1.807, 2.05) is 0 Å². The van der Waals surface area contributed by atoms with Gasteiger partial charge in [-0.2, -0.15) is 0 Å². The Hall–Kier alpha value is -3.37. The van der Waals surface area contributed by atoms with Crippen molar-refractivity contribution in [1.29, 1.82) is 0 Å². The van der Waals surface area contributed by atoms with E-state index in [2.05, 4.69) is 20.0 Å². The minimum Gasteiger partial charge on any atom is -0.441 e. The molecule has 0 saturated carbocycles. The number of oxazole rings is 1. The first-order valence-corrected chi connectivity index (χ1v) is 12.1. The molecule has 0 saturated heterocycles. The summed E-state index contributed by atoms with van der Waals surface area (Å²) in [4.78, 5) is 21.3. The number of carbonyl (C=O) groups is 1. The molecule has 11 heteroatoms. The Kier molecular flexibility index (Phi) is 6.13. The van der Waals surface area contributed by atoms with Crippen LogP contribution in [0.15, 0.2) is 53.2 Å². The van der Waals surface area contributed by atoms with E-state index in [-0.39, 0.29) is 18.1 Å². The summed E-state index contributed by atoms with van der Waals surface area (Å²) < 4.78 is 34.3. The average molecular weight is 488 g/mol. The van der Waals surface area contributed by atoms with E-state index in [9.17, 15) is 13.2 Å². The molecule has 4 aromatic rings. The molecule has 0 radical (unpaired) electrons. The molecular formula is C22H22ClN5O4S. The van der Waals surface area contributed by atoms with Crippen LogP contribution >= 0.6 is 11.6 Å². The van der Waals surface area contributed by atoms with Crippen LogP contribution < -0.4 is 10.0 Å². The van der Waals surface area contributed by atoms with Gasteiger partial charge in [0, 0.05) is 23.6 Å². The van der Waals surface area contributed by atoms with Gasteiger partial charge >= 0.3 is 0 Å². The van der Waals surface area contributed by atoms with Gasteiger partial charge in [0.15, 0.2) is 0 Å². The molecule has 172 valence electrons. The lowest BCUT2D eigenvalue weighted by Gasteiger charge is -2.11. The zero-order valence-corrected chi connectivity index (χ0v) is 19.7. The highest BCUT2D eigenvalue weighted by Gasteiger charge is 2.18. The highest BCUT2D eigenvalue weighted by atomic mass is 35.5. The second-order valence-corrected chi connectivity index (χ2v) is 10.4. The Morgan fingerprint density at radius 1 is 1.18 bits per heavy atom. The lowest BCUT2D eigenvalue weighted by atomic mass is 10.2. The fourth-order valence-electron chi connectivity index (χ4n) is 3.04. The van der Waals surface area contributed by atoms with Crippen molar-refractivity contribution in [3.8, 4) is 11.5 Å². The zero-order valence-electron chi connectivity index (χ0n) is 18.2. The maximum atomic E-state index is 12.5. The number of benzene rings is 1. The first-order chi connectivity index (χ1) is 15.6. The van der Waals surface area contributed by atoms with Crippen LogP contribution in [0.4, 0.5) is 5.69 Å². The summed E-state index contributed by atoms with van der Waals surface area (Å²) in [7, 11) is -3.47. The van der Waals surface area contributed by atoms with Crippen molar-refractivity contribution >= 4 is 38.9 Å². The molecule has 1 amide bonds. The Morgan fingerprint density at radius 2 is 1.97 bits per heavy atom. The molecule has 0 aliphatic carbocycles. The predicted molar refractivity (Wildman–Crippen MR) is 126 cm³/mol. The lowest BCUT2D eigenvalue weighted by molar-refractivity contribution is 0.0946. The Balaban J connectivity index is 1.48. The van der Waals surface area contributed by atoms with E-state index < -0.39 is 15.3 Å². The van der Waals surface area contributed by atoms with Crippen LogP contribution in [-0.4, -0.2) is 33.9 Å². The van der Waals surface area contributed by atoms with Gasteiger partial charge in [-0.15, -0.1) is 0 Å². The van der Waals surface area contributed by atoms with Crippen LogP contribution in [0.5, 0.6) is 0 Å². The van der Waals surface area contributed by atoms with E-state index in [1.54, 1.807) is 74.0 Å². The number of pyridine rings is 1. The van der Waals surface area contributed by atoms with Crippen molar-refractivity contribution in [2.45, 2.75) is 32.6 Å². The normalized spacial score (nSPS) is 11.8.